The van der Waals surface area contributed by atoms with E-state index in [2.05, 4.69) is 0 Å². The molecule has 0 bridgehead atoms. The van der Waals surface area contributed by atoms with Gasteiger partial charge in [0, 0.05) is 11.8 Å². The quantitative estimate of drug-likeness (QED) is 0.632. The van der Waals surface area contributed by atoms with Crippen molar-refractivity contribution >= 4 is 17.6 Å². The predicted molar refractivity (Wildman–Crippen MR) is 60.6 cm³/mol. The molecule has 0 heterocycles. The van der Waals surface area contributed by atoms with E-state index in [1.807, 2.05) is 5.32 Å². The molecule has 1 aromatic carbocycles. The molecule has 0 atom stereocenters. The molecule has 0 aliphatic heterocycles. The number of urea groups is 1. The van der Waals surface area contributed by atoms with Gasteiger partial charge in [0.1, 0.15) is 0 Å². The van der Waals surface area contributed by atoms with Crippen molar-refractivity contribution in [3.8, 4) is 11.5 Å². The Balaban J connectivity index is 2.65. The predicted octanol–water partition coefficient (Wildman–Crippen LogP) is -0.149. The van der Waals surface area contributed by atoms with E-state index in [1.165, 1.54) is 13.2 Å². The van der Waals surface area contributed by atoms with Crippen LogP contribution in [0.3, 0.4) is 0 Å². The maximum atomic E-state index is 11.1. The summed E-state index contributed by atoms with van der Waals surface area (Å²) in [4.78, 5) is 21.5. The number of rotatable bonds is 4. The van der Waals surface area contributed by atoms with E-state index in [0.29, 0.717) is 17.2 Å². The molecule has 17 heavy (non-hydrogen) atoms. The number of anilines is 1. The van der Waals surface area contributed by atoms with Crippen LogP contribution in [0.15, 0.2) is 18.2 Å². The van der Waals surface area contributed by atoms with E-state index in [-0.39, 0.29) is 6.61 Å². The zero-order chi connectivity index (χ0) is 12.8. The minimum atomic E-state index is -0.932. The van der Waals surface area contributed by atoms with Crippen LogP contribution < -0.4 is 26.3 Å². The average Bonchev–Trinajstić information content (AvgIpc) is 2.25. The molecule has 0 saturated heterocycles. The number of primary amides is 1. The van der Waals surface area contributed by atoms with Gasteiger partial charge in [0.2, 0.25) is 0 Å². The normalized spacial score (nSPS) is 9.47. The number of hydrogen-bond donors (Lipinski definition) is 3. The first-order valence-electron chi connectivity index (χ1n) is 4.68. The molecule has 0 fully saturated rings. The number of carbonyl (C=O) groups is 2. The van der Waals surface area contributed by atoms with Gasteiger partial charge in [-0.05, 0) is 12.1 Å². The highest BCUT2D eigenvalue weighted by atomic mass is 16.5. The van der Waals surface area contributed by atoms with Crippen LogP contribution in [0.25, 0.3) is 0 Å². The maximum absolute atomic E-state index is 11.1. The average molecular weight is 239 g/mol. The van der Waals surface area contributed by atoms with Crippen molar-refractivity contribution in [1.29, 1.82) is 0 Å². The number of hydrogen-bond acceptors (Lipinski definition) is 5. The standard InChI is InChI=1S/C10H13N3O4/c1-16-7-3-2-6(11)4-8(7)17-5-9(14)13-10(12)15/h2-4H,5,11H2,1H3,(H3,12,13,14,15). The Morgan fingerprint density at radius 3 is 2.65 bits per heavy atom. The van der Waals surface area contributed by atoms with Crippen LogP contribution in [0.4, 0.5) is 10.5 Å². The van der Waals surface area contributed by atoms with Crippen LogP contribution in [-0.4, -0.2) is 25.7 Å². The summed E-state index contributed by atoms with van der Waals surface area (Å²) in [6.07, 6.45) is 0. The van der Waals surface area contributed by atoms with Crippen LogP contribution in [0.2, 0.25) is 0 Å². The summed E-state index contributed by atoms with van der Waals surface area (Å²) >= 11 is 0. The third-order valence-electron chi connectivity index (χ3n) is 1.81. The summed E-state index contributed by atoms with van der Waals surface area (Å²) in [5.74, 6) is 0.0974. The number of methoxy groups -OCH3 is 1. The van der Waals surface area contributed by atoms with E-state index >= 15 is 0 Å². The number of amides is 3. The fourth-order valence-electron chi connectivity index (χ4n) is 1.12. The van der Waals surface area contributed by atoms with Crippen molar-refractivity contribution in [2.45, 2.75) is 0 Å². The zero-order valence-electron chi connectivity index (χ0n) is 9.23. The molecule has 0 aliphatic carbocycles. The molecule has 3 amide bonds. The van der Waals surface area contributed by atoms with E-state index in [4.69, 9.17) is 20.9 Å². The molecule has 7 heteroatoms. The first-order valence-corrected chi connectivity index (χ1v) is 4.68. The highest BCUT2D eigenvalue weighted by Crippen LogP contribution is 2.28. The van der Waals surface area contributed by atoms with Crippen LogP contribution in [0, 0.1) is 0 Å². The molecule has 1 aromatic rings. The molecule has 0 aromatic heterocycles. The number of nitrogen functional groups attached to an aromatic ring is 1. The van der Waals surface area contributed by atoms with Crippen molar-refractivity contribution in [2.24, 2.45) is 5.73 Å². The van der Waals surface area contributed by atoms with Crippen LogP contribution in [-0.2, 0) is 4.79 Å². The molecular weight excluding hydrogens is 226 g/mol. The van der Waals surface area contributed by atoms with Crippen molar-refractivity contribution in [2.75, 3.05) is 19.5 Å². The zero-order valence-corrected chi connectivity index (χ0v) is 9.23. The molecule has 0 unspecified atom stereocenters. The van der Waals surface area contributed by atoms with Gasteiger partial charge < -0.3 is 20.9 Å². The third-order valence-corrected chi connectivity index (χ3v) is 1.81. The van der Waals surface area contributed by atoms with Gasteiger partial charge in [0.25, 0.3) is 5.91 Å². The van der Waals surface area contributed by atoms with Gasteiger partial charge in [-0.25, -0.2) is 4.79 Å². The topological polar surface area (TPSA) is 117 Å². The lowest BCUT2D eigenvalue weighted by Crippen LogP contribution is -2.38. The third kappa shape index (κ3) is 3.90. The molecule has 7 nitrogen and oxygen atoms in total. The SMILES string of the molecule is COc1ccc(N)cc1OCC(=O)NC(N)=O. The summed E-state index contributed by atoms with van der Waals surface area (Å²) in [7, 11) is 1.46. The first-order chi connectivity index (χ1) is 8.02. The van der Waals surface area contributed by atoms with Gasteiger partial charge in [-0.3, -0.25) is 10.1 Å². The number of nitrogens with two attached hydrogens (primary N) is 2. The smallest absolute Gasteiger partial charge is 0.318 e. The summed E-state index contributed by atoms with van der Waals surface area (Å²) < 4.78 is 10.2. The van der Waals surface area contributed by atoms with Gasteiger partial charge in [-0.15, -0.1) is 0 Å². The van der Waals surface area contributed by atoms with Crippen LogP contribution >= 0.6 is 0 Å². The van der Waals surface area contributed by atoms with Gasteiger partial charge in [-0.2, -0.15) is 0 Å². The summed E-state index contributed by atoms with van der Waals surface area (Å²) in [6, 6.07) is 3.82. The Kier molecular flexibility index (Phi) is 4.15. The second-order valence-corrected chi connectivity index (χ2v) is 3.11. The van der Waals surface area contributed by atoms with Crippen molar-refractivity contribution in [3.63, 3.8) is 0 Å². The monoisotopic (exact) mass is 239 g/mol. The second-order valence-electron chi connectivity index (χ2n) is 3.11. The number of ether oxygens (including phenoxy) is 2. The minimum absolute atomic E-state index is 0.312. The Morgan fingerprint density at radius 1 is 1.35 bits per heavy atom. The number of benzene rings is 1. The molecule has 0 aliphatic rings. The van der Waals surface area contributed by atoms with Gasteiger partial charge in [0.05, 0.1) is 7.11 Å². The summed E-state index contributed by atoms with van der Waals surface area (Å²) in [6.45, 7) is -0.358. The molecule has 5 N–H and O–H groups in total. The fraction of sp³-hybridized carbons (Fsp3) is 0.200. The summed E-state index contributed by atoms with van der Waals surface area (Å²) in [5.41, 5.74) is 10.8. The van der Waals surface area contributed by atoms with E-state index in [9.17, 15) is 9.59 Å². The number of carbonyl (C=O) groups excluding carboxylic acids is 2. The lowest BCUT2D eigenvalue weighted by molar-refractivity contribution is -0.121. The van der Waals surface area contributed by atoms with Crippen molar-refractivity contribution in [1.82, 2.24) is 5.32 Å². The number of imide groups is 1. The van der Waals surface area contributed by atoms with E-state index < -0.39 is 11.9 Å². The molecule has 1 rings (SSSR count). The molecule has 92 valence electrons. The Hall–Kier alpha value is -2.44. The molecule has 0 saturated carbocycles. The Morgan fingerprint density at radius 2 is 2.06 bits per heavy atom. The molecular formula is C10H13N3O4. The summed E-state index contributed by atoms with van der Waals surface area (Å²) in [5, 5.41) is 1.87. The van der Waals surface area contributed by atoms with Gasteiger partial charge in [0.15, 0.2) is 18.1 Å². The first kappa shape index (κ1) is 12.6. The fourth-order valence-corrected chi connectivity index (χ4v) is 1.12. The number of nitrogens with one attached hydrogen (secondary N) is 1. The highest BCUT2D eigenvalue weighted by molar-refractivity contribution is 5.94. The van der Waals surface area contributed by atoms with Crippen LogP contribution in [0.5, 0.6) is 11.5 Å². The van der Waals surface area contributed by atoms with Gasteiger partial charge >= 0.3 is 6.03 Å². The van der Waals surface area contributed by atoms with Crippen molar-refractivity contribution in [3.05, 3.63) is 18.2 Å². The lowest BCUT2D eigenvalue weighted by atomic mass is 10.3. The Bertz CT molecular complexity index is 434. The Labute approximate surface area is 97.7 Å². The van der Waals surface area contributed by atoms with E-state index in [1.54, 1.807) is 12.1 Å². The second kappa shape index (κ2) is 5.59. The van der Waals surface area contributed by atoms with E-state index in [0.717, 1.165) is 0 Å². The van der Waals surface area contributed by atoms with Gasteiger partial charge in [-0.1, -0.05) is 0 Å². The van der Waals surface area contributed by atoms with Crippen LogP contribution in [0.1, 0.15) is 0 Å². The maximum Gasteiger partial charge on any atom is 0.318 e. The minimum Gasteiger partial charge on any atom is -0.493 e. The molecule has 0 radical (unpaired) electrons. The largest absolute Gasteiger partial charge is 0.493 e. The lowest BCUT2D eigenvalue weighted by Gasteiger charge is -2.10. The highest BCUT2D eigenvalue weighted by Gasteiger charge is 2.09. The molecule has 0 spiro atoms. The van der Waals surface area contributed by atoms with Crippen molar-refractivity contribution < 1.29 is 19.1 Å².